The average molecular weight is 280 g/mol. The van der Waals surface area contributed by atoms with Gasteiger partial charge in [0.2, 0.25) is 5.91 Å². The lowest BCUT2D eigenvalue weighted by molar-refractivity contribution is -0.122. The largest absolute Gasteiger partial charge is 0.379 e. The molecule has 108 valence electrons. The van der Waals surface area contributed by atoms with Crippen molar-refractivity contribution in [1.82, 2.24) is 10.2 Å². The Balaban J connectivity index is 0.00000289. The number of carbonyl (C=O) groups excluding carboxylic acids is 1. The lowest BCUT2D eigenvalue weighted by Gasteiger charge is -2.26. The molecule has 3 N–H and O–H groups in total. The highest BCUT2D eigenvalue weighted by Crippen LogP contribution is 1.97. The molecule has 0 aliphatic carbocycles. The van der Waals surface area contributed by atoms with Gasteiger partial charge in [-0.2, -0.15) is 0 Å². The van der Waals surface area contributed by atoms with Crippen molar-refractivity contribution in [1.29, 1.82) is 0 Å². The van der Waals surface area contributed by atoms with Gasteiger partial charge in [-0.3, -0.25) is 9.69 Å². The number of nitrogens with one attached hydrogen (secondary N) is 1. The molecule has 0 radical (unpaired) electrons. The Morgan fingerprint density at radius 2 is 2.11 bits per heavy atom. The molecule has 1 unspecified atom stereocenters. The number of rotatable bonds is 7. The summed E-state index contributed by atoms with van der Waals surface area (Å²) >= 11 is 0. The Kier molecular flexibility index (Phi) is 10.3. The summed E-state index contributed by atoms with van der Waals surface area (Å²) in [6.07, 6.45) is 2.68. The summed E-state index contributed by atoms with van der Waals surface area (Å²) in [6.45, 7) is 7.43. The monoisotopic (exact) mass is 279 g/mol. The molecule has 0 spiro atoms. The van der Waals surface area contributed by atoms with Gasteiger partial charge in [0.05, 0.1) is 19.3 Å². The van der Waals surface area contributed by atoms with Crippen molar-refractivity contribution >= 4 is 18.3 Å². The van der Waals surface area contributed by atoms with Crippen LogP contribution in [-0.2, 0) is 9.53 Å². The van der Waals surface area contributed by atoms with Crippen LogP contribution in [0.4, 0.5) is 0 Å². The van der Waals surface area contributed by atoms with E-state index in [2.05, 4.69) is 10.2 Å². The maximum atomic E-state index is 11.5. The molecule has 0 aromatic heterocycles. The third-order valence-electron chi connectivity index (χ3n) is 2.99. The molecule has 1 amide bonds. The molecule has 18 heavy (non-hydrogen) atoms. The van der Waals surface area contributed by atoms with E-state index in [9.17, 15) is 4.79 Å². The molecule has 0 aromatic rings. The molecule has 0 bridgehead atoms. The van der Waals surface area contributed by atoms with Gasteiger partial charge in [0.25, 0.3) is 0 Å². The molecule has 0 aromatic carbocycles. The van der Waals surface area contributed by atoms with E-state index in [1.165, 1.54) is 0 Å². The standard InChI is InChI=1S/C12H25N3O2.ClH/c1-2-4-11(13)12(16)14-5-3-6-15-7-9-17-10-8-15;/h11H,2-10,13H2,1H3,(H,14,16);1H. The van der Waals surface area contributed by atoms with Crippen LogP contribution in [0.25, 0.3) is 0 Å². The minimum Gasteiger partial charge on any atom is -0.379 e. The molecular weight excluding hydrogens is 254 g/mol. The smallest absolute Gasteiger partial charge is 0.236 e. The summed E-state index contributed by atoms with van der Waals surface area (Å²) < 4.78 is 5.27. The van der Waals surface area contributed by atoms with Crippen molar-refractivity contribution in [3.8, 4) is 0 Å². The number of halogens is 1. The van der Waals surface area contributed by atoms with Crippen LogP contribution >= 0.6 is 12.4 Å². The summed E-state index contributed by atoms with van der Waals surface area (Å²) in [5.41, 5.74) is 5.71. The van der Waals surface area contributed by atoms with E-state index in [1.54, 1.807) is 0 Å². The molecule has 6 heteroatoms. The van der Waals surface area contributed by atoms with Crippen LogP contribution in [0.2, 0.25) is 0 Å². The van der Waals surface area contributed by atoms with Crippen LogP contribution < -0.4 is 11.1 Å². The molecule has 1 saturated heterocycles. The van der Waals surface area contributed by atoms with E-state index < -0.39 is 0 Å². The zero-order valence-corrected chi connectivity index (χ0v) is 12.0. The molecule has 1 heterocycles. The van der Waals surface area contributed by atoms with Gasteiger partial charge >= 0.3 is 0 Å². The predicted octanol–water partition coefficient (Wildman–Crippen LogP) is 0.374. The van der Waals surface area contributed by atoms with Crippen LogP contribution in [0, 0.1) is 0 Å². The van der Waals surface area contributed by atoms with Crippen LogP contribution in [0.5, 0.6) is 0 Å². The van der Waals surface area contributed by atoms with E-state index in [-0.39, 0.29) is 24.4 Å². The molecule has 5 nitrogen and oxygen atoms in total. The van der Waals surface area contributed by atoms with Gasteiger partial charge in [0, 0.05) is 19.6 Å². The summed E-state index contributed by atoms with van der Waals surface area (Å²) in [6, 6.07) is -0.344. The highest BCUT2D eigenvalue weighted by Gasteiger charge is 2.12. The molecule has 1 aliphatic rings. The minimum atomic E-state index is -0.344. The second-order valence-electron chi connectivity index (χ2n) is 4.49. The number of morpholine rings is 1. The van der Waals surface area contributed by atoms with Gasteiger partial charge in [-0.05, 0) is 19.4 Å². The van der Waals surface area contributed by atoms with E-state index in [4.69, 9.17) is 10.5 Å². The SMILES string of the molecule is CCCC(N)C(=O)NCCCN1CCOCC1.Cl. The number of ether oxygens (including phenoxy) is 1. The van der Waals surface area contributed by atoms with E-state index in [1.807, 2.05) is 6.92 Å². The third-order valence-corrected chi connectivity index (χ3v) is 2.99. The molecule has 1 fully saturated rings. The number of hydrogen-bond acceptors (Lipinski definition) is 4. The normalized spacial score (nSPS) is 17.9. The van der Waals surface area contributed by atoms with Gasteiger partial charge in [-0.15, -0.1) is 12.4 Å². The van der Waals surface area contributed by atoms with Gasteiger partial charge in [-0.25, -0.2) is 0 Å². The number of hydrogen-bond donors (Lipinski definition) is 2. The first-order valence-electron chi connectivity index (χ1n) is 6.57. The number of nitrogens with two attached hydrogens (primary N) is 1. The van der Waals surface area contributed by atoms with Crippen molar-refractivity contribution in [3.05, 3.63) is 0 Å². The Labute approximate surface area is 116 Å². The third kappa shape index (κ3) is 7.16. The Morgan fingerprint density at radius 1 is 1.44 bits per heavy atom. The van der Waals surface area contributed by atoms with E-state index in [0.717, 1.165) is 52.1 Å². The molecular formula is C12H26ClN3O2. The number of nitrogens with zero attached hydrogens (tertiary/aromatic N) is 1. The second-order valence-corrected chi connectivity index (χ2v) is 4.49. The quantitative estimate of drug-likeness (QED) is 0.661. The maximum Gasteiger partial charge on any atom is 0.236 e. The molecule has 0 saturated carbocycles. The van der Waals surface area contributed by atoms with Crippen LogP contribution in [0.1, 0.15) is 26.2 Å². The lowest BCUT2D eigenvalue weighted by Crippen LogP contribution is -2.42. The van der Waals surface area contributed by atoms with E-state index in [0.29, 0.717) is 6.54 Å². The van der Waals surface area contributed by atoms with Crippen molar-refractivity contribution in [2.24, 2.45) is 5.73 Å². The number of carbonyl (C=O) groups is 1. The van der Waals surface area contributed by atoms with Crippen molar-refractivity contribution < 1.29 is 9.53 Å². The average Bonchev–Trinajstić information content (AvgIpc) is 2.36. The first kappa shape index (κ1) is 17.6. The summed E-state index contributed by atoms with van der Waals surface area (Å²) in [5, 5.41) is 2.88. The fourth-order valence-corrected chi connectivity index (χ4v) is 1.91. The topological polar surface area (TPSA) is 67.6 Å². The van der Waals surface area contributed by atoms with Crippen molar-refractivity contribution in [3.63, 3.8) is 0 Å². The first-order chi connectivity index (χ1) is 8.24. The van der Waals surface area contributed by atoms with Crippen molar-refractivity contribution in [2.75, 3.05) is 39.4 Å². The van der Waals surface area contributed by atoms with Gasteiger partial charge in [-0.1, -0.05) is 13.3 Å². The Bertz CT molecular complexity index is 223. The predicted molar refractivity (Wildman–Crippen MR) is 75.0 cm³/mol. The minimum absolute atomic E-state index is 0. The highest BCUT2D eigenvalue weighted by molar-refractivity contribution is 5.85. The first-order valence-corrected chi connectivity index (χ1v) is 6.57. The van der Waals surface area contributed by atoms with E-state index >= 15 is 0 Å². The van der Waals surface area contributed by atoms with Gasteiger partial charge in [0.1, 0.15) is 0 Å². The fraction of sp³-hybridized carbons (Fsp3) is 0.917. The molecule has 1 atom stereocenters. The summed E-state index contributed by atoms with van der Waals surface area (Å²) in [5.74, 6) is -0.0196. The fourth-order valence-electron chi connectivity index (χ4n) is 1.91. The van der Waals surface area contributed by atoms with Crippen LogP contribution in [0.3, 0.4) is 0 Å². The van der Waals surface area contributed by atoms with Crippen molar-refractivity contribution in [2.45, 2.75) is 32.2 Å². The summed E-state index contributed by atoms with van der Waals surface area (Å²) in [7, 11) is 0. The number of amides is 1. The molecule has 1 aliphatic heterocycles. The maximum absolute atomic E-state index is 11.5. The zero-order valence-electron chi connectivity index (χ0n) is 11.2. The lowest BCUT2D eigenvalue weighted by atomic mass is 10.1. The zero-order chi connectivity index (χ0) is 12.5. The van der Waals surface area contributed by atoms with Crippen LogP contribution in [0.15, 0.2) is 0 Å². The second kappa shape index (κ2) is 10.6. The van der Waals surface area contributed by atoms with Crippen LogP contribution in [-0.4, -0.2) is 56.2 Å². The Hall–Kier alpha value is -0.360. The molecule has 1 rings (SSSR count). The summed E-state index contributed by atoms with van der Waals surface area (Å²) in [4.78, 5) is 13.9. The van der Waals surface area contributed by atoms with Gasteiger partial charge < -0.3 is 15.8 Å². The van der Waals surface area contributed by atoms with Gasteiger partial charge in [0.15, 0.2) is 0 Å². The Morgan fingerprint density at radius 3 is 2.72 bits per heavy atom. The highest BCUT2D eigenvalue weighted by atomic mass is 35.5.